The van der Waals surface area contributed by atoms with Gasteiger partial charge in [0.05, 0.1) is 5.56 Å². The zero-order chi connectivity index (χ0) is 14.0. The highest BCUT2D eigenvalue weighted by Gasteiger charge is 2.11. The van der Waals surface area contributed by atoms with Crippen LogP contribution in [0.15, 0.2) is 36.4 Å². The third-order valence-corrected chi connectivity index (χ3v) is 3.09. The molecule has 0 aliphatic rings. The van der Waals surface area contributed by atoms with Gasteiger partial charge in [0.2, 0.25) is 0 Å². The van der Waals surface area contributed by atoms with Crippen molar-refractivity contribution in [3.8, 4) is 5.75 Å². The first kappa shape index (κ1) is 13.4. The quantitative estimate of drug-likeness (QED) is 0.516. The van der Waals surface area contributed by atoms with Crippen LogP contribution in [0.1, 0.15) is 21.5 Å². The number of rotatable bonds is 2. The molecular formula is C15H14ClNO2. The van der Waals surface area contributed by atoms with Crippen LogP contribution in [0, 0.1) is 13.8 Å². The van der Waals surface area contributed by atoms with Crippen LogP contribution in [0.2, 0.25) is 5.02 Å². The number of nitrogen functional groups attached to an aromatic ring is 1. The Kier molecular flexibility index (Phi) is 3.76. The highest BCUT2D eigenvalue weighted by molar-refractivity contribution is 6.30. The number of halogens is 1. The van der Waals surface area contributed by atoms with Crippen LogP contribution >= 0.6 is 11.6 Å². The first-order valence-electron chi connectivity index (χ1n) is 5.82. The highest BCUT2D eigenvalue weighted by Crippen LogP contribution is 2.23. The van der Waals surface area contributed by atoms with Gasteiger partial charge >= 0.3 is 5.97 Å². The van der Waals surface area contributed by atoms with Crippen molar-refractivity contribution < 1.29 is 9.53 Å². The summed E-state index contributed by atoms with van der Waals surface area (Å²) in [5.74, 6) is 0.0608. The van der Waals surface area contributed by atoms with E-state index in [1.54, 1.807) is 36.4 Å². The molecule has 0 fully saturated rings. The van der Waals surface area contributed by atoms with Crippen LogP contribution in [0.25, 0.3) is 0 Å². The van der Waals surface area contributed by atoms with Crippen molar-refractivity contribution >= 4 is 23.3 Å². The summed E-state index contributed by atoms with van der Waals surface area (Å²) in [7, 11) is 0. The Morgan fingerprint density at radius 3 is 2.47 bits per heavy atom. The number of aryl methyl sites for hydroxylation is 2. The minimum Gasteiger partial charge on any atom is -0.423 e. The second kappa shape index (κ2) is 5.33. The highest BCUT2D eigenvalue weighted by atomic mass is 35.5. The molecule has 0 aromatic heterocycles. The number of carbonyl (C=O) groups excluding carboxylic acids is 1. The third-order valence-electron chi connectivity index (χ3n) is 2.85. The van der Waals surface area contributed by atoms with Crippen molar-refractivity contribution in [3.05, 3.63) is 58.1 Å². The lowest BCUT2D eigenvalue weighted by molar-refractivity contribution is 0.0733. The monoisotopic (exact) mass is 275 g/mol. The SMILES string of the molecule is Cc1ccc(C(=O)Oc2ccc(Cl)cc2C)cc1N. The van der Waals surface area contributed by atoms with Crippen molar-refractivity contribution in [3.63, 3.8) is 0 Å². The molecule has 0 aliphatic heterocycles. The molecule has 0 aliphatic carbocycles. The Balaban J connectivity index is 2.23. The summed E-state index contributed by atoms with van der Waals surface area (Å²) in [5, 5.41) is 0.608. The Bertz CT molecular complexity index is 638. The number of ether oxygens (including phenoxy) is 1. The molecular weight excluding hydrogens is 262 g/mol. The third kappa shape index (κ3) is 3.06. The summed E-state index contributed by atoms with van der Waals surface area (Å²) in [5.41, 5.74) is 8.51. The Hall–Kier alpha value is -2.00. The summed E-state index contributed by atoms with van der Waals surface area (Å²) in [6.45, 7) is 3.71. The second-order valence-electron chi connectivity index (χ2n) is 4.37. The topological polar surface area (TPSA) is 52.3 Å². The first-order chi connectivity index (χ1) is 8.97. The normalized spacial score (nSPS) is 10.3. The average molecular weight is 276 g/mol. The van der Waals surface area contributed by atoms with Gasteiger partial charge in [-0.05, 0) is 55.3 Å². The summed E-state index contributed by atoms with van der Waals surface area (Å²) >= 11 is 5.85. The van der Waals surface area contributed by atoms with E-state index >= 15 is 0 Å². The smallest absolute Gasteiger partial charge is 0.343 e. The molecule has 3 nitrogen and oxygen atoms in total. The van der Waals surface area contributed by atoms with Crippen molar-refractivity contribution in [2.75, 3.05) is 5.73 Å². The predicted octanol–water partition coefficient (Wildman–Crippen LogP) is 3.76. The Morgan fingerprint density at radius 2 is 1.84 bits per heavy atom. The van der Waals surface area contributed by atoms with Gasteiger partial charge in [-0.3, -0.25) is 0 Å². The molecule has 0 spiro atoms. The van der Waals surface area contributed by atoms with Gasteiger partial charge in [-0.25, -0.2) is 4.79 Å². The van der Waals surface area contributed by atoms with Crippen LogP contribution in [-0.4, -0.2) is 5.97 Å². The van der Waals surface area contributed by atoms with Crippen LogP contribution in [0.4, 0.5) is 5.69 Å². The van der Waals surface area contributed by atoms with E-state index in [2.05, 4.69) is 0 Å². The lowest BCUT2D eigenvalue weighted by Crippen LogP contribution is -2.10. The molecule has 0 saturated heterocycles. The molecule has 2 N–H and O–H groups in total. The van der Waals surface area contributed by atoms with Crippen LogP contribution in [0.5, 0.6) is 5.75 Å². The fourth-order valence-electron chi connectivity index (χ4n) is 1.65. The molecule has 0 amide bonds. The lowest BCUT2D eigenvalue weighted by atomic mass is 10.1. The van der Waals surface area contributed by atoms with Crippen molar-refractivity contribution in [2.45, 2.75) is 13.8 Å². The van der Waals surface area contributed by atoms with Gasteiger partial charge < -0.3 is 10.5 Å². The summed E-state index contributed by atoms with van der Waals surface area (Å²) in [6, 6.07) is 10.2. The minimum atomic E-state index is -0.433. The molecule has 98 valence electrons. The van der Waals surface area contributed by atoms with Gasteiger partial charge in [0.25, 0.3) is 0 Å². The van der Waals surface area contributed by atoms with E-state index in [1.807, 2.05) is 13.8 Å². The number of carbonyl (C=O) groups is 1. The van der Waals surface area contributed by atoms with Crippen molar-refractivity contribution in [2.24, 2.45) is 0 Å². The van der Waals surface area contributed by atoms with E-state index in [0.717, 1.165) is 11.1 Å². The Morgan fingerprint density at radius 1 is 1.11 bits per heavy atom. The maximum Gasteiger partial charge on any atom is 0.343 e. The van der Waals surface area contributed by atoms with E-state index in [0.29, 0.717) is 22.0 Å². The largest absolute Gasteiger partial charge is 0.423 e. The Labute approximate surface area is 117 Å². The van der Waals surface area contributed by atoms with Crippen molar-refractivity contribution in [1.29, 1.82) is 0 Å². The van der Waals surface area contributed by atoms with Crippen LogP contribution in [-0.2, 0) is 0 Å². The van der Waals surface area contributed by atoms with E-state index < -0.39 is 5.97 Å². The van der Waals surface area contributed by atoms with Crippen LogP contribution < -0.4 is 10.5 Å². The molecule has 0 unspecified atom stereocenters. The van der Waals surface area contributed by atoms with Gasteiger partial charge in [-0.1, -0.05) is 17.7 Å². The molecule has 0 bridgehead atoms. The van der Waals surface area contributed by atoms with Gasteiger partial charge in [-0.2, -0.15) is 0 Å². The molecule has 4 heteroatoms. The standard InChI is InChI=1S/C15H14ClNO2/c1-9-3-4-11(8-13(9)17)15(18)19-14-6-5-12(16)7-10(14)2/h3-8H,17H2,1-2H3. The molecule has 0 heterocycles. The number of hydrogen-bond acceptors (Lipinski definition) is 3. The fraction of sp³-hybridized carbons (Fsp3) is 0.133. The number of anilines is 1. The minimum absolute atomic E-state index is 0.428. The number of hydrogen-bond donors (Lipinski definition) is 1. The molecule has 2 rings (SSSR count). The maximum atomic E-state index is 12.0. The summed E-state index contributed by atoms with van der Waals surface area (Å²) < 4.78 is 5.33. The molecule has 0 atom stereocenters. The molecule has 2 aromatic rings. The number of nitrogens with two attached hydrogens (primary N) is 1. The first-order valence-corrected chi connectivity index (χ1v) is 6.19. The van der Waals surface area contributed by atoms with E-state index in [1.165, 1.54) is 0 Å². The van der Waals surface area contributed by atoms with Crippen LogP contribution in [0.3, 0.4) is 0 Å². The molecule has 19 heavy (non-hydrogen) atoms. The predicted molar refractivity (Wildman–Crippen MR) is 76.7 cm³/mol. The zero-order valence-electron chi connectivity index (χ0n) is 10.7. The maximum absolute atomic E-state index is 12.0. The fourth-order valence-corrected chi connectivity index (χ4v) is 1.88. The summed E-state index contributed by atoms with van der Waals surface area (Å²) in [6.07, 6.45) is 0. The van der Waals surface area contributed by atoms with E-state index in [9.17, 15) is 4.79 Å². The lowest BCUT2D eigenvalue weighted by Gasteiger charge is -2.08. The zero-order valence-corrected chi connectivity index (χ0v) is 11.5. The second-order valence-corrected chi connectivity index (χ2v) is 4.81. The van der Waals surface area contributed by atoms with Gasteiger partial charge in [-0.15, -0.1) is 0 Å². The van der Waals surface area contributed by atoms with E-state index in [-0.39, 0.29) is 0 Å². The molecule has 2 aromatic carbocycles. The van der Waals surface area contributed by atoms with Crippen molar-refractivity contribution in [1.82, 2.24) is 0 Å². The summed E-state index contributed by atoms with van der Waals surface area (Å²) in [4.78, 5) is 12.0. The van der Waals surface area contributed by atoms with Gasteiger partial charge in [0, 0.05) is 10.7 Å². The molecule has 0 radical (unpaired) electrons. The average Bonchev–Trinajstić information content (AvgIpc) is 2.36. The number of esters is 1. The van der Waals surface area contributed by atoms with Gasteiger partial charge in [0.15, 0.2) is 0 Å². The number of benzene rings is 2. The molecule has 0 saturated carbocycles. The van der Waals surface area contributed by atoms with E-state index in [4.69, 9.17) is 22.1 Å². The van der Waals surface area contributed by atoms with Gasteiger partial charge in [0.1, 0.15) is 5.75 Å².